The lowest BCUT2D eigenvalue weighted by atomic mass is 10.1. The fourth-order valence-corrected chi connectivity index (χ4v) is 4.62. The van der Waals surface area contributed by atoms with E-state index in [1.807, 2.05) is 9.80 Å². The van der Waals surface area contributed by atoms with Crippen molar-refractivity contribution in [3.8, 4) is 0 Å². The van der Waals surface area contributed by atoms with Crippen LogP contribution in [0.25, 0.3) is 0 Å². The Morgan fingerprint density at radius 2 is 1.29 bits per heavy atom. The molecule has 0 aromatic rings. The Labute approximate surface area is 205 Å². The molecule has 19 heteroatoms. The van der Waals surface area contributed by atoms with Crippen LogP contribution in [-0.4, -0.2) is 138 Å². The highest BCUT2D eigenvalue weighted by atomic mass is 32.6. The van der Waals surface area contributed by atoms with Crippen LogP contribution in [0.15, 0.2) is 0 Å². The van der Waals surface area contributed by atoms with Crippen molar-refractivity contribution in [2.45, 2.75) is 31.2 Å². The quantitative estimate of drug-likeness (QED) is 0.153. The largest absolute Gasteiger partial charge is 0.393 e. The molecule has 0 aliphatic carbocycles. The smallest absolute Gasteiger partial charge is 0.267 e. The maximum Gasteiger partial charge on any atom is 0.267 e. The predicted molar refractivity (Wildman–Crippen MR) is 126 cm³/mol. The Kier molecular flexibility index (Phi) is 18.3. The molecule has 2 saturated heterocycles. The molecule has 0 aromatic carbocycles. The van der Waals surface area contributed by atoms with Crippen LogP contribution >= 0.6 is 15.2 Å². The molecule has 202 valence electrons. The van der Waals surface area contributed by atoms with Gasteiger partial charge in [0.05, 0.1) is 31.5 Å². The molecule has 2 fully saturated rings. The normalized spacial score (nSPS) is 20.5. The highest BCUT2D eigenvalue weighted by Gasteiger charge is 2.22. The van der Waals surface area contributed by atoms with E-state index in [0.29, 0.717) is 70.1 Å². The van der Waals surface area contributed by atoms with E-state index in [4.69, 9.17) is 13.8 Å². The summed E-state index contributed by atoms with van der Waals surface area (Å²) in [5, 5.41) is 27.9. The van der Waals surface area contributed by atoms with Crippen molar-refractivity contribution in [2.24, 2.45) is 0 Å². The van der Waals surface area contributed by atoms with Gasteiger partial charge in [0.1, 0.15) is 29.4 Å². The van der Waals surface area contributed by atoms with E-state index in [9.17, 15) is 40.9 Å². The maximum atomic E-state index is 10.5. The van der Waals surface area contributed by atoms with Crippen molar-refractivity contribution in [2.75, 3.05) is 64.0 Å². The lowest BCUT2D eigenvalue weighted by Crippen LogP contribution is -2.42. The SMILES string of the molecule is O=PP=S=O.O=S(=O)(O)CC(O)CN1CCC(O)CC1.O=S(=O)(O)CC(O)CN1CCOCC1. The van der Waals surface area contributed by atoms with Crippen LogP contribution in [0.3, 0.4) is 0 Å². The first-order valence-electron chi connectivity index (χ1n) is 10.0. The Morgan fingerprint density at radius 1 is 0.882 bits per heavy atom. The molecule has 2 aliphatic heterocycles. The molecule has 0 bridgehead atoms. The second-order valence-electron chi connectivity index (χ2n) is 7.49. The molecule has 2 unspecified atom stereocenters. The van der Waals surface area contributed by atoms with Crippen molar-refractivity contribution in [3.63, 3.8) is 0 Å². The molecule has 14 nitrogen and oxygen atoms in total. The van der Waals surface area contributed by atoms with Crippen LogP contribution in [-0.2, 0) is 40.4 Å². The number of β-amino-alcohol motifs (C(OH)–C–C–N with tert-alkyl or cyclic N) is 2. The summed E-state index contributed by atoms with van der Waals surface area (Å²) in [5.41, 5.74) is 0. The van der Waals surface area contributed by atoms with Gasteiger partial charge < -0.3 is 25.0 Å². The number of piperidine rings is 1. The van der Waals surface area contributed by atoms with Gasteiger partial charge in [0.15, 0.2) is 0 Å². The first-order chi connectivity index (χ1) is 15.8. The van der Waals surface area contributed by atoms with Crippen molar-refractivity contribution in [3.05, 3.63) is 0 Å². The third-order valence-electron chi connectivity index (χ3n) is 4.47. The monoisotopic (exact) mass is 590 g/mol. The topological polar surface area (TPSA) is 219 Å². The van der Waals surface area contributed by atoms with Crippen molar-refractivity contribution >= 4 is 46.3 Å². The number of nitrogens with zero attached hydrogens (tertiary/aromatic N) is 2. The molecule has 0 spiro atoms. The third kappa shape index (κ3) is 21.3. The molecule has 0 amide bonds. The first-order valence-corrected chi connectivity index (χ1v) is 17.0. The molecule has 2 atom stereocenters. The van der Waals surface area contributed by atoms with E-state index in [1.165, 1.54) is 0 Å². The minimum Gasteiger partial charge on any atom is -0.393 e. The molecule has 2 heterocycles. The summed E-state index contributed by atoms with van der Waals surface area (Å²) >= 11 is 0. The van der Waals surface area contributed by atoms with Crippen LogP contribution in [0.2, 0.25) is 0 Å². The Bertz CT molecular complexity index is 828. The minimum absolute atomic E-state index is 0.0976. The molecule has 34 heavy (non-hydrogen) atoms. The Hall–Kier alpha value is -0.0000000000000000971. The molecular formula is C15H32N2O12P2S3. The van der Waals surface area contributed by atoms with Gasteiger partial charge in [-0.25, -0.2) is 4.21 Å². The highest BCUT2D eigenvalue weighted by Crippen LogP contribution is 2.11. The van der Waals surface area contributed by atoms with E-state index in [2.05, 4.69) is 0 Å². The number of hydrogen-bond donors (Lipinski definition) is 5. The average molecular weight is 591 g/mol. The summed E-state index contributed by atoms with van der Waals surface area (Å²) < 4.78 is 82.4. The number of ether oxygens (including phenoxy) is 1. The van der Waals surface area contributed by atoms with Gasteiger partial charge in [-0.15, -0.1) is 0 Å². The number of aliphatic hydroxyl groups is 3. The van der Waals surface area contributed by atoms with Gasteiger partial charge in [-0.1, -0.05) is 0 Å². The zero-order valence-electron chi connectivity index (χ0n) is 18.3. The Morgan fingerprint density at radius 3 is 1.62 bits per heavy atom. The lowest BCUT2D eigenvalue weighted by Gasteiger charge is -2.30. The van der Waals surface area contributed by atoms with E-state index in [1.54, 1.807) is 0 Å². The van der Waals surface area contributed by atoms with Crippen LogP contribution in [0.4, 0.5) is 0 Å². The fraction of sp³-hybridized carbons (Fsp3) is 1.00. The van der Waals surface area contributed by atoms with Crippen LogP contribution in [0, 0.1) is 0 Å². The minimum atomic E-state index is -4.11. The number of hydrogen-bond acceptors (Lipinski definition) is 12. The molecule has 5 N–H and O–H groups in total. The number of morpholine rings is 1. The summed E-state index contributed by atoms with van der Waals surface area (Å²) in [6, 6.07) is 0. The van der Waals surface area contributed by atoms with E-state index < -0.39 is 43.9 Å². The van der Waals surface area contributed by atoms with Crippen molar-refractivity contribution in [1.29, 1.82) is 0 Å². The van der Waals surface area contributed by atoms with E-state index >= 15 is 0 Å². The molecule has 2 aliphatic rings. The fourth-order valence-electron chi connectivity index (χ4n) is 3.09. The maximum absolute atomic E-state index is 10.5. The predicted octanol–water partition coefficient (Wildman–Crippen LogP) is -1.47. The number of rotatable bonds is 9. The zero-order chi connectivity index (χ0) is 26.2. The van der Waals surface area contributed by atoms with E-state index in [-0.39, 0.29) is 27.3 Å². The molecule has 0 aromatic heterocycles. The standard InChI is InChI=1S/C8H17NO5S.C7H15NO5S.O2P2S/c10-7-1-3-9(4-2-7)5-8(11)6-15(12,13)14;9-7(6-14(10,11)12)5-8-1-3-13-4-2-8;1-3-4-5-2/h7-8,10-11H,1-6H2,(H,12,13,14);7,9H,1-6H2,(H,10,11,12);. The zero-order valence-corrected chi connectivity index (χ0v) is 22.6. The average Bonchev–Trinajstić information content (AvgIpc) is 2.69. The lowest BCUT2D eigenvalue weighted by molar-refractivity contribution is 0.0184. The van der Waals surface area contributed by atoms with Gasteiger partial charge in [0.2, 0.25) is 8.15 Å². The molecule has 2 rings (SSSR count). The summed E-state index contributed by atoms with van der Waals surface area (Å²) in [6.07, 6.45) is -1.13. The summed E-state index contributed by atoms with van der Waals surface area (Å²) in [6.45, 7) is 4.31. The van der Waals surface area contributed by atoms with Gasteiger partial charge in [-0.05, 0) is 12.8 Å². The molecule has 0 saturated carbocycles. The van der Waals surface area contributed by atoms with Crippen molar-refractivity contribution < 1.29 is 54.8 Å². The Balaban J connectivity index is 0.000000537. The second-order valence-corrected chi connectivity index (χ2v) is 13.9. The number of likely N-dealkylation sites (tertiary alicyclic amines) is 1. The van der Waals surface area contributed by atoms with Crippen LogP contribution in [0.5, 0.6) is 0 Å². The van der Waals surface area contributed by atoms with Gasteiger partial charge in [0, 0.05) is 39.3 Å². The molecular weight excluding hydrogens is 558 g/mol. The summed E-state index contributed by atoms with van der Waals surface area (Å²) in [7, 11) is -7.63. The first kappa shape index (κ1) is 34.0. The second kappa shape index (κ2) is 18.3. The van der Waals surface area contributed by atoms with Crippen LogP contribution in [0.1, 0.15) is 12.8 Å². The summed E-state index contributed by atoms with van der Waals surface area (Å²) in [5.74, 6) is -1.24. The van der Waals surface area contributed by atoms with Gasteiger partial charge >= 0.3 is 0 Å². The van der Waals surface area contributed by atoms with Crippen molar-refractivity contribution in [1.82, 2.24) is 9.80 Å². The van der Waals surface area contributed by atoms with Gasteiger partial charge in [0.25, 0.3) is 20.2 Å². The van der Waals surface area contributed by atoms with Gasteiger partial charge in [-0.3, -0.25) is 18.6 Å². The molecule has 0 radical (unpaired) electrons. The van der Waals surface area contributed by atoms with E-state index in [0.717, 1.165) is 0 Å². The summed E-state index contributed by atoms with van der Waals surface area (Å²) in [4.78, 5) is 3.78. The number of aliphatic hydroxyl groups excluding tert-OH is 3. The van der Waals surface area contributed by atoms with Crippen LogP contribution < -0.4 is 0 Å². The van der Waals surface area contributed by atoms with Gasteiger partial charge in [-0.2, -0.15) is 16.8 Å². The third-order valence-corrected chi connectivity index (χ3v) is 7.82. The highest BCUT2D eigenvalue weighted by molar-refractivity contribution is 8.28.